The van der Waals surface area contributed by atoms with Gasteiger partial charge in [0.25, 0.3) is 0 Å². The molecule has 2 aromatic carbocycles. The lowest BCUT2D eigenvalue weighted by atomic mass is 10.1. The number of aliphatic hydroxyl groups excluding tert-OH is 1. The summed E-state index contributed by atoms with van der Waals surface area (Å²) in [5.41, 5.74) is 2.63. The molecule has 2 nitrogen and oxygen atoms in total. The number of hydrogen-bond donors (Lipinski definition) is 1. The van der Waals surface area contributed by atoms with Gasteiger partial charge < -0.3 is 5.11 Å². The Balaban J connectivity index is 2.08. The summed E-state index contributed by atoms with van der Waals surface area (Å²) in [6, 6.07) is 21.4. The molecule has 1 atom stereocenters. The second kappa shape index (κ2) is 7.83. The fraction of sp³-hybridized carbons (Fsp3) is 0.333. The molecular formula is C18H23NO. The Morgan fingerprint density at radius 1 is 0.850 bits per heavy atom. The first-order chi connectivity index (χ1) is 9.79. The summed E-state index contributed by atoms with van der Waals surface area (Å²) in [4.78, 5) is 2.42. The van der Waals surface area contributed by atoms with Crippen molar-refractivity contribution in [1.29, 1.82) is 0 Å². The first-order valence-corrected chi connectivity index (χ1v) is 7.22. The van der Waals surface area contributed by atoms with Crippen LogP contribution in [0.1, 0.15) is 24.5 Å². The molecule has 0 aliphatic rings. The zero-order valence-corrected chi connectivity index (χ0v) is 12.1. The molecule has 2 rings (SSSR count). The summed E-state index contributed by atoms with van der Waals surface area (Å²) in [5, 5.41) is 9.19. The second-order valence-electron chi connectivity index (χ2n) is 5.24. The molecule has 0 spiro atoms. The number of hydrogen-bond acceptors (Lipinski definition) is 2. The Morgan fingerprint density at radius 2 is 1.30 bits per heavy atom. The molecule has 0 bridgehead atoms. The van der Waals surface area contributed by atoms with Crippen molar-refractivity contribution < 1.29 is 5.11 Å². The van der Waals surface area contributed by atoms with Crippen molar-refractivity contribution in [3.8, 4) is 0 Å². The molecule has 20 heavy (non-hydrogen) atoms. The minimum Gasteiger partial charge on any atom is -0.396 e. The smallest absolute Gasteiger partial charge is 0.0445 e. The van der Waals surface area contributed by atoms with Crippen LogP contribution in [0.5, 0.6) is 0 Å². The van der Waals surface area contributed by atoms with Crippen LogP contribution < -0.4 is 0 Å². The molecule has 0 fully saturated rings. The zero-order chi connectivity index (χ0) is 14.2. The van der Waals surface area contributed by atoms with Gasteiger partial charge in [-0.15, -0.1) is 0 Å². The van der Waals surface area contributed by atoms with Crippen molar-refractivity contribution in [2.75, 3.05) is 6.61 Å². The van der Waals surface area contributed by atoms with E-state index in [9.17, 15) is 5.11 Å². The summed E-state index contributed by atoms with van der Waals surface area (Å²) in [6.45, 7) is 4.25. The monoisotopic (exact) mass is 269 g/mol. The van der Waals surface area contributed by atoms with Crippen LogP contribution in [0.25, 0.3) is 0 Å². The van der Waals surface area contributed by atoms with E-state index >= 15 is 0 Å². The Labute approximate surface area is 121 Å². The topological polar surface area (TPSA) is 23.5 Å². The molecule has 0 saturated carbocycles. The fourth-order valence-electron chi connectivity index (χ4n) is 2.37. The van der Waals surface area contributed by atoms with E-state index in [-0.39, 0.29) is 6.61 Å². The highest BCUT2D eigenvalue weighted by Gasteiger charge is 2.14. The van der Waals surface area contributed by atoms with E-state index in [2.05, 4.69) is 60.4 Å². The zero-order valence-electron chi connectivity index (χ0n) is 12.1. The van der Waals surface area contributed by atoms with Crippen LogP contribution in [0, 0.1) is 0 Å². The average molecular weight is 269 g/mol. The lowest BCUT2D eigenvalue weighted by molar-refractivity contribution is 0.153. The lowest BCUT2D eigenvalue weighted by Crippen LogP contribution is -2.32. The van der Waals surface area contributed by atoms with Gasteiger partial charge >= 0.3 is 0 Å². The van der Waals surface area contributed by atoms with E-state index < -0.39 is 0 Å². The molecule has 106 valence electrons. The van der Waals surface area contributed by atoms with Gasteiger partial charge in [0.1, 0.15) is 0 Å². The Morgan fingerprint density at radius 3 is 1.70 bits per heavy atom. The third kappa shape index (κ3) is 4.48. The Hall–Kier alpha value is -1.64. The number of rotatable bonds is 7. The van der Waals surface area contributed by atoms with E-state index in [1.54, 1.807) is 0 Å². The van der Waals surface area contributed by atoms with Gasteiger partial charge in [-0.1, -0.05) is 60.7 Å². The summed E-state index contributed by atoms with van der Waals surface area (Å²) in [5.74, 6) is 0. The van der Waals surface area contributed by atoms with Gasteiger partial charge in [0.15, 0.2) is 0 Å². The second-order valence-corrected chi connectivity index (χ2v) is 5.24. The summed E-state index contributed by atoms with van der Waals surface area (Å²) in [7, 11) is 0. The molecule has 0 aliphatic heterocycles. The van der Waals surface area contributed by atoms with Gasteiger partial charge in [0.05, 0.1) is 0 Å². The molecular weight excluding hydrogens is 246 g/mol. The van der Waals surface area contributed by atoms with Crippen molar-refractivity contribution in [3.63, 3.8) is 0 Å². The van der Waals surface area contributed by atoms with Crippen LogP contribution >= 0.6 is 0 Å². The van der Waals surface area contributed by atoms with Crippen molar-refractivity contribution in [1.82, 2.24) is 4.90 Å². The highest BCUT2D eigenvalue weighted by Crippen LogP contribution is 2.15. The normalized spacial score (nSPS) is 12.6. The van der Waals surface area contributed by atoms with Crippen LogP contribution in [0.4, 0.5) is 0 Å². The van der Waals surface area contributed by atoms with E-state index in [0.29, 0.717) is 6.04 Å². The number of benzene rings is 2. The van der Waals surface area contributed by atoms with Gasteiger partial charge in [-0.25, -0.2) is 0 Å². The Kier molecular flexibility index (Phi) is 5.78. The van der Waals surface area contributed by atoms with E-state index in [4.69, 9.17) is 0 Å². The quantitative estimate of drug-likeness (QED) is 0.832. The van der Waals surface area contributed by atoms with E-state index in [0.717, 1.165) is 19.5 Å². The molecule has 0 heterocycles. The van der Waals surface area contributed by atoms with Crippen LogP contribution in [0.2, 0.25) is 0 Å². The summed E-state index contributed by atoms with van der Waals surface area (Å²) in [6.07, 6.45) is 0.805. The minimum atomic E-state index is 0.237. The summed E-state index contributed by atoms with van der Waals surface area (Å²) >= 11 is 0. The van der Waals surface area contributed by atoms with Crippen molar-refractivity contribution >= 4 is 0 Å². The molecule has 2 aromatic rings. The molecule has 1 N–H and O–H groups in total. The van der Waals surface area contributed by atoms with E-state index in [1.807, 2.05) is 12.1 Å². The predicted molar refractivity (Wildman–Crippen MR) is 83.3 cm³/mol. The van der Waals surface area contributed by atoms with Crippen LogP contribution in [-0.4, -0.2) is 22.7 Å². The molecule has 0 saturated heterocycles. The standard InChI is InChI=1S/C18H23NO/c1-16(12-13-20)19(14-17-8-4-2-5-9-17)15-18-10-6-3-7-11-18/h2-11,16,20H,12-15H2,1H3. The molecule has 0 radical (unpaired) electrons. The third-order valence-electron chi connectivity index (χ3n) is 3.63. The van der Waals surface area contributed by atoms with Gasteiger partial charge in [-0.05, 0) is 24.5 Å². The highest BCUT2D eigenvalue weighted by molar-refractivity contribution is 5.17. The third-order valence-corrected chi connectivity index (χ3v) is 3.63. The van der Waals surface area contributed by atoms with Crippen molar-refractivity contribution in [2.24, 2.45) is 0 Å². The Bertz CT molecular complexity index is 442. The van der Waals surface area contributed by atoms with Gasteiger partial charge in [-0.2, -0.15) is 0 Å². The number of nitrogens with zero attached hydrogens (tertiary/aromatic N) is 1. The molecule has 1 unspecified atom stereocenters. The van der Waals surface area contributed by atoms with Crippen LogP contribution in [-0.2, 0) is 13.1 Å². The van der Waals surface area contributed by atoms with Crippen LogP contribution in [0.3, 0.4) is 0 Å². The van der Waals surface area contributed by atoms with Gasteiger partial charge in [-0.3, -0.25) is 4.90 Å². The maximum Gasteiger partial charge on any atom is 0.0445 e. The first-order valence-electron chi connectivity index (χ1n) is 7.22. The fourth-order valence-corrected chi connectivity index (χ4v) is 2.37. The lowest BCUT2D eigenvalue weighted by Gasteiger charge is -2.29. The average Bonchev–Trinajstić information content (AvgIpc) is 2.49. The van der Waals surface area contributed by atoms with Crippen LogP contribution in [0.15, 0.2) is 60.7 Å². The molecule has 2 heteroatoms. The first kappa shape index (κ1) is 14.8. The maximum atomic E-state index is 9.19. The minimum absolute atomic E-state index is 0.237. The largest absolute Gasteiger partial charge is 0.396 e. The van der Waals surface area contributed by atoms with E-state index in [1.165, 1.54) is 11.1 Å². The van der Waals surface area contributed by atoms with Crippen molar-refractivity contribution in [3.05, 3.63) is 71.8 Å². The van der Waals surface area contributed by atoms with Gasteiger partial charge in [0.2, 0.25) is 0 Å². The maximum absolute atomic E-state index is 9.19. The summed E-state index contributed by atoms with van der Waals surface area (Å²) < 4.78 is 0. The van der Waals surface area contributed by atoms with Crippen molar-refractivity contribution in [2.45, 2.75) is 32.5 Å². The highest BCUT2D eigenvalue weighted by atomic mass is 16.3. The SMILES string of the molecule is CC(CCO)N(Cc1ccccc1)Cc1ccccc1. The molecule has 0 amide bonds. The van der Waals surface area contributed by atoms with Gasteiger partial charge in [0, 0.05) is 25.7 Å². The number of aliphatic hydroxyl groups is 1. The predicted octanol–water partition coefficient (Wildman–Crippen LogP) is 3.46. The molecule has 0 aliphatic carbocycles. The molecule has 0 aromatic heterocycles.